The van der Waals surface area contributed by atoms with Crippen LogP contribution < -0.4 is 5.32 Å². The summed E-state index contributed by atoms with van der Waals surface area (Å²) in [4.78, 5) is 13.3. The number of aromatic nitrogens is 2. The van der Waals surface area contributed by atoms with Gasteiger partial charge in [-0.25, -0.2) is 4.68 Å². The van der Waals surface area contributed by atoms with E-state index < -0.39 is 0 Å². The van der Waals surface area contributed by atoms with Gasteiger partial charge in [0.05, 0.1) is 10.7 Å². The highest BCUT2D eigenvalue weighted by Gasteiger charge is 2.13. The molecular formula is C14H17ClN4O. The summed E-state index contributed by atoms with van der Waals surface area (Å²) in [6.07, 6.45) is 1.73. The molecule has 5 nitrogen and oxygen atoms in total. The van der Waals surface area contributed by atoms with Gasteiger partial charge in [-0.1, -0.05) is 17.7 Å². The molecule has 1 amide bonds. The van der Waals surface area contributed by atoms with Gasteiger partial charge in [0, 0.05) is 26.8 Å². The van der Waals surface area contributed by atoms with Gasteiger partial charge in [0.2, 0.25) is 0 Å². The van der Waals surface area contributed by atoms with E-state index in [4.69, 9.17) is 11.6 Å². The summed E-state index contributed by atoms with van der Waals surface area (Å²) in [6, 6.07) is 7.45. The summed E-state index contributed by atoms with van der Waals surface area (Å²) in [6.45, 7) is 0.753. The third-order valence-electron chi connectivity index (χ3n) is 2.85. The van der Waals surface area contributed by atoms with Gasteiger partial charge in [-0.15, -0.1) is 0 Å². The second-order valence-corrected chi connectivity index (χ2v) is 5.07. The maximum atomic E-state index is 11.8. The Balaban J connectivity index is 2.30. The van der Waals surface area contributed by atoms with Crippen LogP contribution >= 0.6 is 11.6 Å². The van der Waals surface area contributed by atoms with Crippen molar-refractivity contribution in [3.05, 3.63) is 46.7 Å². The van der Waals surface area contributed by atoms with E-state index in [1.807, 2.05) is 25.2 Å². The Labute approximate surface area is 123 Å². The number of nitrogens with one attached hydrogen (secondary N) is 1. The van der Waals surface area contributed by atoms with Crippen molar-refractivity contribution < 1.29 is 4.79 Å². The molecule has 0 radical (unpaired) electrons. The summed E-state index contributed by atoms with van der Waals surface area (Å²) in [5.41, 5.74) is 2.24. The Morgan fingerprint density at radius 3 is 2.75 bits per heavy atom. The fraction of sp³-hybridized carbons (Fsp3) is 0.286. The summed E-state index contributed by atoms with van der Waals surface area (Å²) >= 11 is 6.27. The minimum absolute atomic E-state index is 0.133. The number of hydrogen-bond donors (Lipinski definition) is 1. The molecule has 6 heteroatoms. The zero-order valence-corrected chi connectivity index (χ0v) is 12.5. The van der Waals surface area contributed by atoms with Crippen LogP contribution in [0.25, 0.3) is 5.69 Å². The molecule has 1 N–H and O–H groups in total. The van der Waals surface area contributed by atoms with Crippen molar-refractivity contribution in [3.63, 3.8) is 0 Å². The van der Waals surface area contributed by atoms with E-state index in [1.54, 1.807) is 31.0 Å². The number of amides is 1. The third-order valence-corrected chi connectivity index (χ3v) is 3.16. The van der Waals surface area contributed by atoms with Crippen LogP contribution in [0.5, 0.6) is 0 Å². The van der Waals surface area contributed by atoms with Gasteiger partial charge in [-0.2, -0.15) is 5.10 Å². The number of benzene rings is 1. The number of carbonyl (C=O) groups is 1. The number of nitrogens with zero attached hydrogens (tertiary/aromatic N) is 3. The number of halogens is 1. The number of hydrogen-bond acceptors (Lipinski definition) is 3. The molecule has 0 atom stereocenters. The second kappa shape index (κ2) is 6.07. The lowest BCUT2D eigenvalue weighted by molar-refractivity contribution is 0.0821. The molecule has 0 fully saturated rings. The predicted octanol–water partition coefficient (Wildman–Crippen LogP) is 1.95. The molecular weight excluding hydrogens is 276 g/mol. The summed E-state index contributed by atoms with van der Waals surface area (Å²) in [7, 11) is 5.27. The Hall–Kier alpha value is -1.85. The van der Waals surface area contributed by atoms with Crippen molar-refractivity contribution in [3.8, 4) is 5.69 Å². The minimum atomic E-state index is -0.133. The first-order valence-electron chi connectivity index (χ1n) is 6.23. The van der Waals surface area contributed by atoms with Crippen molar-refractivity contribution in [1.29, 1.82) is 0 Å². The summed E-state index contributed by atoms with van der Waals surface area (Å²) in [5, 5.41) is 7.94. The van der Waals surface area contributed by atoms with Crippen LogP contribution in [-0.2, 0) is 6.54 Å². The smallest absolute Gasteiger partial charge is 0.273 e. The molecule has 1 aromatic heterocycles. The first-order chi connectivity index (χ1) is 9.52. The van der Waals surface area contributed by atoms with Crippen LogP contribution in [0.2, 0.25) is 5.02 Å². The predicted molar refractivity (Wildman–Crippen MR) is 79.4 cm³/mol. The minimum Gasteiger partial charge on any atom is -0.343 e. The molecule has 0 saturated heterocycles. The zero-order chi connectivity index (χ0) is 14.7. The van der Waals surface area contributed by atoms with Crippen LogP contribution in [0.3, 0.4) is 0 Å². The monoisotopic (exact) mass is 292 g/mol. The van der Waals surface area contributed by atoms with E-state index in [0.29, 0.717) is 10.7 Å². The van der Waals surface area contributed by atoms with Crippen LogP contribution in [0, 0.1) is 0 Å². The highest BCUT2D eigenvalue weighted by molar-refractivity contribution is 6.32. The van der Waals surface area contributed by atoms with Gasteiger partial charge >= 0.3 is 0 Å². The molecule has 0 bridgehead atoms. The van der Waals surface area contributed by atoms with Crippen molar-refractivity contribution in [2.75, 3.05) is 21.1 Å². The molecule has 0 aliphatic rings. The average molecular weight is 293 g/mol. The number of rotatable bonds is 4. The second-order valence-electron chi connectivity index (χ2n) is 4.66. The van der Waals surface area contributed by atoms with Crippen LogP contribution in [-0.4, -0.2) is 41.7 Å². The summed E-state index contributed by atoms with van der Waals surface area (Å²) < 4.78 is 1.61. The zero-order valence-electron chi connectivity index (χ0n) is 11.7. The molecule has 0 saturated carbocycles. The molecule has 20 heavy (non-hydrogen) atoms. The Bertz CT molecular complexity index is 621. The van der Waals surface area contributed by atoms with E-state index in [2.05, 4.69) is 10.4 Å². The lowest BCUT2D eigenvalue weighted by atomic mass is 10.2. The SMILES string of the molecule is CNCc1ccc(-n2ccc(C(=O)N(C)C)n2)c(Cl)c1. The Morgan fingerprint density at radius 2 is 2.15 bits per heavy atom. The van der Waals surface area contributed by atoms with Gasteiger partial charge in [0.15, 0.2) is 5.69 Å². The van der Waals surface area contributed by atoms with Crippen LogP contribution in [0.4, 0.5) is 0 Å². The quantitative estimate of drug-likeness (QED) is 0.937. The maximum Gasteiger partial charge on any atom is 0.273 e. The van der Waals surface area contributed by atoms with Gasteiger partial charge < -0.3 is 10.2 Å². The molecule has 2 rings (SSSR count). The molecule has 1 aromatic carbocycles. The van der Waals surface area contributed by atoms with Crippen molar-refractivity contribution in [2.45, 2.75) is 6.54 Å². The highest BCUT2D eigenvalue weighted by atomic mass is 35.5. The normalized spacial score (nSPS) is 10.6. The molecule has 2 aromatic rings. The first-order valence-corrected chi connectivity index (χ1v) is 6.61. The van der Waals surface area contributed by atoms with Crippen molar-refractivity contribution in [2.24, 2.45) is 0 Å². The lowest BCUT2D eigenvalue weighted by Gasteiger charge is -2.08. The van der Waals surface area contributed by atoms with Crippen LogP contribution in [0.15, 0.2) is 30.5 Å². The molecule has 1 heterocycles. The molecule has 0 aliphatic heterocycles. The third kappa shape index (κ3) is 3.00. The highest BCUT2D eigenvalue weighted by Crippen LogP contribution is 2.21. The molecule has 106 valence electrons. The number of carbonyl (C=O) groups excluding carboxylic acids is 1. The van der Waals surface area contributed by atoms with Gasteiger partial charge in [-0.05, 0) is 30.8 Å². The first kappa shape index (κ1) is 14.6. The molecule has 0 aliphatic carbocycles. The fourth-order valence-corrected chi connectivity index (χ4v) is 2.14. The van der Waals surface area contributed by atoms with E-state index in [1.165, 1.54) is 4.90 Å². The topological polar surface area (TPSA) is 50.2 Å². The average Bonchev–Trinajstić information content (AvgIpc) is 2.87. The Kier molecular flexibility index (Phi) is 4.42. The van der Waals surface area contributed by atoms with Gasteiger partial charge in [0.1, 0.15) is 0 Å². The standard InChI is InChI=1S/C14H17ClN4O/c1-16-9-10-4-5-13(11(15)8-10)19-7-6-12(17-19)14(20)18(2)3/h4-8,16H,9H2,1-3H3. The van der Waals surface area contributed by atoms with Crippen molar-refractivity contribution in [1.82, 2.24) is 20.0 Å². The van der Waals surface area contributed by atoms with E-state index in [9.17, 15) is 4.79 Å². The maximum absolute atomic E-state index is 11.8. The fourth-order valence-electron chi connectivity index (χ4n) is 1.85. The molecule has 0 spiro atoms. The van der Waals surface area contributed by atoms with Gasteiger partial charge in [0.25, 0.3) is 5.91 Å². The largest absolute Gasteiger partial charge is 0.343 e. The van der Waals surface area contributed by atoms with E-state index in [-0.39, 0.29) is 5.91 Å². The molecule has 0 unspecified atom stereocenters. The van der Waals surface area contributed by atoms with E-state index >= 15 is 0 Å². The summed E-state index contributed by atoms with van der Waals surface area (Å²) in [5.74, 6) is -0.133. The van der Waals surface area contributed by atoms with Crippen LogP contribution in [0.1, 0.15) is 16.1 Å². The lowest BCUT2D eigenvalue weighted by Crippen LogP contribution is -2.22. The van der Waals surface area contributed by atoms with Gasteiger partial charge in [-0.3, -0.25) is 4.79 Å². The Morgan fingerprint density at radius 1 is 1.40 bits per heavy atom. The van der Waals surface area contributed by atoms with E-state index in [0.717, 1.165) is 17.8 Å². The van der Waals surface area contributed by atoms with Crippen molar-refractivity contribution >= 4 is 17.5 Å².